The van der Waals surface area contributed by atoms with Crippen molar-refractivity contribution in [2.45, 2.75) is 45.0 Å². The maximum atomic E-state index is 11.8. The maximum Gasteiger partial charge on any atom is 0.335 e. The SMILES string of the molecule is CCC(O)(CC)O[C@H](Cc1ccccc1Cl)C(=O)OC. The molecule has 0 aliphatic rings. The molecule has 1 N–H and O–H groups in total. The predicted molar refractivity (Wildman–Crippen MR) is 77.6 cm³/mol. The summed E-state index contributed by atoms with van der Waals surface area (Å²) in [7, 11) is 1.29. The second kappa shape index (κ2) is 7.62. The Hall–Kier alpha value is -1.10. The van der Waals surface area contributed by atoms with Gasteiger partial charge < -0.3 is 14.6 Å². The molecule has 0 aromatic heterocycles. The van der Waals surface area contributed by atoms with Gasteiger partial charge in [-0.05, 0) is 24.5 Å². The van der Waals surface area contributed by atoms with Crippen molar-refractivity contribution in [3.8, 4) is 0 Å². The Labute approximate surface area is 124 Å². The summed E-state index contributed by atoms with van der Waals surface area (Å²) in [5.41, 5.74) is 0.777. The van der Waals surface area contributed by atoms with Crippen LogP contribution in [-0.4, -0.2) is 30.1 Å². The van der Waals surface area contributed by atoms with Crippen LogP contribution in [0.15, 0.2) is 24.3 Å². The highest BCUT2D eigenvalue weighted by molar-refractivity contribution is 6.31. The lowest BCUT2D eigenvalue weighted by Crippen LogP contribution is -2.40. The van der Waals surface area contributed by atoms with Gasteiger partial charge in [0, 0.05) is 11.4 Å². The van der Waals surface area contributed by atoms with Gasteiger partial charge in [0.05, 0.1) is 7.11 Å². The lowest BCUT2D eigenvalue weighted by Gasteiger charge is -2.30. The largest absolute Gasteiger partial charge is 0.467 e. The highest BCUT2D eigenvalue weighted by Gasteiger charge is 2.32. The van der Waals surface area contributed by atoms with Crippen LogP contribution >= 0.6 is 11.6 Å². The van der Waals surface area contributed by atoms with E-state index in [4.69, 9.17) is 21.1 Å². The normalized spacial score (nSPS) is 13.1. The fourth-order valence-corrected chi connectivity index (χ4v) is 2.06. The minimum absolute atomic E-state index is 0.259. The van der Waals surface area contributed by atoms with Crippen molar-refractivity contribution in [3.05, 3.63) is 34.9 Å². The third kappa shape index (κ3) is 4.47. The van der Waals surface area contributed by atoms with Gasteiger partial charge in [-0.25, -0.2) is 4.79 Å². The van der Waals surface area contributed by atoms with Crippen LogP contribution in [0.2, 0.25) is 5.02 Å². The minimum atomic E-state index is -1.33. The number of hydrogen-bond acceptors (Lipinski definition) is 4. The number of benzene rings is 1. The van der Waals surface area contributed by atoms with Crippen molar-refractivity contribution < 1.29 is 19.4 Å². The van der Waals surface area contributed by atoms with Crippen LogP contribution in [0.4, 0.5) is 0 Å². The Bertz CT molecular complexity index is 443. The lowest BCUT2D eigenvalue weighted by molar-refractivity contribution is -0.237. The van der Waals surface area contributed by atoms with E-state index in [9.17, 15) is 9.90 Å². The van der Waals surface area contributed by atoms with Crippen molar-refractivity contribution in [1.82, 2.24) is 0 Å². The summed E-state index contributed by atoms with van der Waals surface area (Å²) in [6.07, 6.45) is 0.151. The molecule has 0 heterocycles. The fourth-order valence-electron chi connectivity index (χ4n) is 1.85. The summed E-state index contributed by atoms with van der Waals surface area (Å²) >= 11 is 6.09. The van der Waals surface area contributed by atoms with Gasteiger partial charge in [-0.2, -0.15) is 0 Å². The molecule has 0 spiro atoms. The van der Waals surface area contributed by atoms with E-state index in [-0.39, 0.29) is 6.42 Å². The first kappa shape index (κ1) is 17.0. The molecular weight excluding hydrogens is 280 g/mol. The smallest absolute Gasteiger partial charge is 0.335 e. The Balaban J connectivity index is 2.91. The van der Waals surface area contributed by atoms with E-state index in [1.807, 2.05) is 18.2 Å². The monoisotopic (exact) mass is 300 g/mol. The summed E-state index contributed by atoms with van der Waals surface area (Å²) < 4.78 is 10.3. The molecule has 0 aliphatic carbocycles. The second-order valence-electron chi connectivity index (χ2n) is 4.58. The number of rotatable bonds is 7. The zero-order chi connectivity index (χ0) is 15.2. The van der Waals surface area contributed by atoms with Crippen molar-refractivity contribution in [2.75, 3.05) is 7.11 Å². The third-order valence-electron chi connectivity index (χ3n) is 3.29. The minimum Gasteiger partial charge on any atom is -0.467 e. The Kier molecular flexibility index (Phi) is 6.46. The lowest BCUT2D eigenvalue weighted by atomic mass is 10.1. The van der Waals surface area contributed by atoms with E-state index in [1.54, 1.807) is 19.9 Å². The number of aliphatic hydroxyl groups is 1. The zero-order valence-electron chi connectivity index (χ0n) is 12.1. The van der Waals surface area contributed by atoms with Gasteiger partial charge in [-0.3, -0.25) is 0 Å². The van der Waals surface area contributed by atoms with Gasteiger partial charge >= 0.3 is 5.97 Å². The van der Waals surface area contributed by atoms with Crippen LogP contribution in [0.25, 0.3) is 0 Å². The molecule has 0 aliphatic heterocycles. The number of esters is 1. The highest BCUT2D eigenvalue weighted by atomic mass is 35.5. The van der Waals surface area contributed by atoms with Crippen molar-refractivity contribution in [1.29, 1.82) is 0 Å². The molecule has 0 saturated heterocycles. The van der Waals surface area contributed by atoms with Gasteiger partial charge in [0.15, 0.2) is 11.9 Å². The van der Waals surface area contributed by atoms with E-state index in [0.29, 0.717) is 17.9 Å². The number of carbonyl (C=O) groups is 1. The number of ether oxygens (including phenoxy) is 2. The van der Waals surface area contributed by atoms with Crippen molar-refractivity contribution >= 4 is 17.6 Å². The molecule has 112 valence electrons. The average Bonchev–Trinajstić information content (AvgIpc) is 2.47. The molecule has 20 heavy (non-hydrogen) atoms. The molecule has 0 amide bonds. The Morgan fingerprint density at radius 3 is 2.45 bits per heavy atom. The molecule has 1 aromatic carbocycles. The second-order valence-corrected chi connectivity index (χ2v) is 4.99. The van der Waals surface area contributed by atoms with Crippen LogP contribution in [0.3, 0.4) is 0 Å². The Morgan fingerprint density at radius 1 is 1.35 bits per heavy atom. The third-order valence-corrected chi connectivity index (χ3v) is 3.66. The molecule has 0 unspecified atom stereocenters. The molecule has 1 aromatic rings. The molecule has 4 nitrogen and oxygen atoms in total. The topological polar surface area (TPSA) is 55.8 Å². The van der Waals surface area contributed by atoms with Gasteiger partial charge in [0.2, 0.25) is 0 Å². The molecule has 1 rings (SSSR count). The zero-order valence-corrected chi connectivity index (χ0v) is 12.8. The van der Waals surface area contributed by atoms with E-state index in [0.717, 1.165) is 5.56 Å². The average molecular weight is 301 g/mol. The molecule has 0 saturated carbocycles. The number of halogens is 1. The molecule has 0 bridgehead atoms. The Morgan fingerprint density at radius 2 is 1.95 bits per heavy atom. The maximum absolute atomic E-state index is 11.8. The predicted octanol–water partition coefficient (Wildman–Crippen LogP) is 2.95. The summed E-state index contributed by atoms with van der Waals surface area (Å²) in [5.74, 6) is -1.86. The van der Waals surface area contributed by atoms with E-state index in [1.165, 1.54) is 7.11 Å². The van der Waals surface area contributed by atoms with Crippen molar-refractivity contribution in [3.63, 3.8) is 0 Å². The number of methoxy groups -OCH3 is 1. The summed E-state index contributed by atoms with van der Waals surface area (Å²) in [6, 6.07) is 7.21. The van der Waals surface area contributed by atoms with Crippen LogP contribution in [-0.2, 0) is 20.7 Å². The first-order valence-electron chi connectivity index (χ1n) is 6.67. The van der Waals surface area contributed by atoms with Gasteiger partial charge in [0.25, 0.3) is 0 Å². The molecule has 0 radical (unpaired) electrons. The van der Waals surface area contributed by atoms with E-state index in [2.05, 4.69) is 0 Å². The standard InChI is InChI=1S/C15H21ClO4/c1-4-15(18,5-2)20-13(14(17)19-3)10-11-8-6-7-9-12(11)16/h6-9,13,18H,4-5,10H2,1-3H3/t13-/m1/s1. The quantitative estimate of drug-likeness (QED) is 0.621. The van der Waals surface area contributed by atoms with Crippen LogP contribution in [0.1, 0.15) is 32.3 Å². The van der Waals surface area contributed by atoms with Gasteiger partial charge in [0.1, 0.15) is 0 Å². The molecule has 0 fully saturated rings. The first-order valence-corrected chi connectivity index (χ1v) is 7.05. The molecule has 5 heteroatoms. The first-order chi connectivity index (χ1) is 9.45. The fraction of sp³-hybridized carbons (Fsp3) is 0.533. The van der Waals surface area contributed by atoms with E-state index >= 15 is 0 Å². The van der Waals surface area contributed by atoms with Gasteiger partial charge in [-0.1, -0.05) is 43.6 Å². The van der Waals surface area contributed by atoms with Crippen LogP contribution in [0, 0.1) is 0 Å². The highest BCUT2D eigenvalue weighted by Crippen LogP contribution is 2.23. The molecule has 1 atom stereocenters. The molecular formula is C15H21ClO4. The summed E-state index contributed by atoms with van der Waals surface area (Å²) in [5, 5.41) is 10.8. The van der Waals surface area contributed by atoms with Crippen molar-refractivity contribution in [2.24, 2.45) is 0 Å². The summed E-state index contributed by atoms with van der Waals surface area (Å²) in [4.78, 5) is 11.8. The summed E-state index contributed by atoms with van der Waals surface area (Å²) in [6.45, 7) is 3.60. The number of hydrogen-bond donors (Lipinski definition) is 1. The van der Waals surface area contributed by atoms with Crippen LogP contribution < -0.4 is 0 Å². The number of carbonyl (C=O) groups excluding carboxylic acids is 1. The van der Waals surface area contributed by atoms with E-state index < -0.39 is 17.9 Å². The van der Waals surface area contributed by atoms with Gasteiger partial charge in [-0.15, -0.1) is 0 Å². The van der Waals surface area contributed by atoms with Crippen LogP contribution in [0.5, 0.6) is 0 Å².